The smallest absolute Gasteiger partial charge is 0.410 e. The molecule has 7 nitrogen and oxygen atoms in total. The highest BCUT2D eigenvalue weighted by Crippen LogP contribution is 2.28. The maximum atomic E-state index is 12.3. The lowest BCUT2D eigenvalue weighted by Gasteiger charge is -2.27. The number of nitrogens with two attached hydrogens (primary N) is 1. The third kappa shape index (κ3) is 3.60. The van der Waals surface area contributed by atoms with Crippen molar-refractivity contribution in [2.24, 2.45) is 5.73 Å². The van der Waals surface area contributed by atoms with E-state index in [2.05, 4.69) is 5.10 Å². The summed E-state index contributed by atoms with van der Waals surface area (Å²) in [5.41, 5.74) is 4.85. The maximum absolute atomic E-state index is 12.3. The lowest BCUT2D eigenvalue weighted by Crippen LogP contribution is -2.45. The second-order valence-electron chi connectivity index (χ2n) is 6.19. The molecule has 1 unspecified atom stereocenters. The molecule has 116 valence electrons. The molecule has 0 bridgehead atoms. The van der Waals surface area contributed by atoms with Crippen molar-refractivity contribution in [1.29, 1.82) is 0 Å². The van der Waals surface area contributed by atoms with Gasteiger partial charge in [-0.3, -0.25) is 14.4 Å². The second-order valence-corrected chi connectivity index (χ2v) is 6.19. The van der Waals surface area contributed by atoms with Crippen molar-refractivity contribution < 1.29 is 14.3 Å². The van der Waals surface area contributed by atoms with Crippen molar-refractivity contribution in [1.82, 2.24) is 14.7 Å². The third-order valence-corrected chi connectivity index (χ3v) is 3.38. The number of carbonyl (C=O) groups excluding carboxylic acids is 2. The number of hydrogen-bond acceptors (Lipinski definition) is 5. The zero-order valence-electron chi connectivity index (χ0n) is 12.7. The van der Waals surface area contributed by atoms with E-state index in [9.17, 15) is 9.59 Å². The van der Waals surface area contributed by atoms with Gasteiger partial charge in [-0.05, 0) is 33.3 Å². The summed E-state index contributed by atoms with van der Waals surface area (Å²) in [4.78, 5) is 25.8. The lowest BCUT2D eigenvalue weighted by atomic mass is 10.1. The minimum Gasteiger partial charge on any atom is -0.444 e. The molecule has 1 aromatic rings. The van der Waals surface area contributed by atoms with Gasteiger partial charge in [0.25, 0.3) is 0 Å². The Morgan fingerprint density at radius 1 is 1.43 bits per heavy atom. The van der Waals surface area contributed by atoms with Gasteiger partial charge < -0.3 is 10.5 Å². The van der Waals surface area contributed by atoms with Gasteiger partial charge in [0.2, 0.25) is 0 Å². The monoisotopic (exact) mass is 294 g/mol. The van der Waals surface area contributed by atoms with Crippen molar-refractivity contribution in [3.63, 3.8) is 0 Å². The van der Waals surface area contributed by atoms with Gasteiger partial charge in [0, 0.05) is 18.9 Å². The summed E-state index contributed by atoms with van der Waals surface area (Å²) in [6, 6.07) is 1.24. The van der Waals surface area contributed by atoms with Gasteiger partial charge in [0.05, 0.1) is 18.6 Å². The van der Waals surface area contributed by atoms with Crippen LogP contribution in [0.3, 0.4) is 0 Å². The van der Waals surface area contributed by atoms with Crippen LogP contribution in [0.1, 0.15) is 33.2 Å². The Morgan fingerprint density at radius 3 is 2.67 bits per heavy atom. The summed E-state index contributed by atoms with van der Waals surface area (Å²) in [5, 5.41) is 4.18. The van der Waals surface area contributed by atoms with E-state index in [4.69, 9.17) is 10.5 Å². The average molecular weight is 294 g/mol. The highest BCUT2D eigenvalue weighted by molar-refractivity contribution is 5.89. The van der Waals surface area contributed by atoms with Gasteiger partial charge in [-0.25, -0.2) is 4.79 Å². The van der Waals surface area contributed by atoms with E-state index in [0.29, 0.717) is 13.0 Å². The Hall–Kier alpha value is -1.89. The van der Waals surface area contributed by atoms with Gasteiger partial charge in [-0.1, -0.05) is 0 Å². The van der Waals surface area contributed by atoms with Gasteiger partial charge in [0.15, 0.2) is 5.78 Å². The fourth-order valence-electron chi connectivity index (χ4n) is 2.47. The zero-order chi connectivity index (χ0) is 15.6. The average Bonchev–Trinajstić information content (AvgIpc) is 3.04. The van der Waals surface area contributed by atoms with Crippen LogP contribution in [-0.4, -0.2) is 51.3 Å². The number of nitrogens with zero attached hydrogens (tertiary/aromatic N) is 3. The predicted molar refractivity (Wildman–Crippen MR) is 76.7 cm³/mol. The zero-order valence-corrected chi connectivity index (χ0v) is 12.7. The standard InChI is InChI=1S/C14H22N4O3/c1-14(2,3)21-13(20)17-9-10(18-6-4-5-16-18)7-11(17)12(19)8-15/h4-6,10-11H,7-9,15H2,1-3H3/t10-,11?/m0/s1. The minimum atomic E-state index is -0.600. The van der Waals surface area contributed by atoms with Crippen molar-refractivity contribution in [3.8, 4) is 0 Å². The van der Waals surface area contributed by atoms with Crippen molar-refractivity contribution in [3.05, 3.63) is 18.5 Å². The van der Waals surface area contributed by atoms with Crippen LogP contribution in [0, 0.1) is 0 Å². The van der Waals surface area contributed by atoms with E-state index in [1.807, 2.05) is 12.3 Å². The van der Waals surface area contributed by atoms with Crippen LogP contribution in [0.25, 0.3) is 0 Å². The molecule has 2 N–H and O–H groups in total. The van der Waals surface area contributed by atoms with E-state index in [0.717, 1.165) is 0 Å². The summed E-state index contributed by atoms with van der Waals surface area (Å²) in [7, 11) is 0. The molecule has 0 aliphatic carbocycles. The number of carbonyl (C=O) groups is 2. The Kier molecular flexibility index (Phi) is 4.32. The summed E-state index contributed by atoms with van der Waals surface area (Å²) in [6.45, 7) is 5.70. The number of ketones is 1. The highest BCUT2D eigenvalue weighted by Gasteiger charge is 2.41. The van der Waals surface area contributed by atoms with Crippen molar-refractivity contribution in [2.45, 2.75) is 44.9 Å². The van der Waals surface area contributed by atoms with Crippen LogP contribution in [0.5, 0.6) is 0 Å². The topological polar surface area (TPSA) is 90.5 Å². The molecule has 1 fully saturated rings. The number of Topliss-reactive ketones (excluding diaryl/α,β-unsaturated/α-hetero) is 1. The molecule has 0 saturated carbocycles. The lowest BCUT2D eigenvalue weighted by molar-refractivity contribution is -0.122. The molecule has 1 aliphatic rings. The first kappa shape index (κ1) is 15.5. The minimum absolute atomic E-state index is 0.0342. The fourth-order valence-corrected chi connectivity index (χ4v) is 2.47. The number of ether oxygens (including phenoxy) is 1. The molecule has 2 rings (SSSR count). The Morgan fingerprint density at radius 2 is 2.14 bits per heavy atom. The fraction of sp³-hybridized carbons (Fsp3) is 0.643. The Bertz CT molecular complexity index is 507. The summed E-state index contributed by atoms with van der Waals surface area (Å²) >= 11 is 0. The number of amides is 1. The van der Waals surface area contributed by atoms with Crippen LogP contribution in [0.2, 0.25) is 0 Å². The van der Waals surface area contributed by atoms with E-state index in [1.54, 1.807) is 31.6 Å². The quantitative estimate of drug-likeness (QED) is 0.896. The maximum Gasteiger partial charge on any atom is 0.410 e. The number of rotatable bonds is 3. The molecular weight excluding hydrogens is 272 g/mol. The third-order valence-electron chi connectivity index (χ3n) is 3.38. The van der Waals surface area contributed by atoms with Gasteiger partial charge in [0.1, 0.15) is 5.60 Å². The molecule has 1 aliphatic heterocycles. The Labute approximate surface area is 124 Å². The largest absolute Gasteiger partial charge is 0.444 e. The number of aromatic nitrogens is 2. The van der Waals surface area contributed by atoms with Crippen LogP contribution in [0.4, 0.5) is 4.79 Å². The van der Waals surface area contributed by atoms with Crippen molar-refractivity contribution >= 4 is 11.9 Å². The van der Waals surface area contributed by atoms with E-state index in [-0.39, 0.29) is 18.4 Å². The number of likely N-dealkylation sites (tertiary alicyclic amines) is 1. The van der Waals surface area contributed by atoms with Crippen LogP contribution < -0.4 is 5.73 Å². The van der Waals surface area contributed by atoms with Gasteiger partial charge >= 0.3 is 6.09 Å². The SMILES string of the molecule is CC(C)(C)OC(=O)N1C[C@@H](n2cccn2)CC1C(=O)CN. The highest BCUT2D eigenvalue weighted by atomic mass is 16.6. The molecule has 2 heterocycles. The molecule has 0 aromatic carbocycles. The van der Waals surface area contributed by atoms with Crippen LogP contribution in [-0.2, 0) is 9.53 Å². The van der Waals surface area contributed by atoms with Gasteiger partial charge in [-0.15, -0.1) is 0 Å². The van der Waals surface area contributed by atoms with Crippen LogP contribution in [0.15, 0.2) is 18.5 Å². The molecule has 1 amide bonds. The molecule has 21 heavy (non-hydrogen) atoms. The molecule has 1 saturated heterocycles. The normalized spacial score (nSPS) is 22.4. The first-order valence-corrected chi connectivity index (χ1v) is 7.03. The summed E-state index contributed by atoms with van der Waals surface area (Å²) < 4.78 is 7.14. The van der Waals surface area contributed by atoms with Gasteiger partial charge in [-0.2, -0.15) is 5.10 Å². The number of hydrogen-bond donors (Lipinski definition) is 1. The Balaban J connectivity index is 2.16. The van der Waals surface area contributed by atoms with Crippen molar-refractivity contribution in [2.75, 3.05) is 13.1 Å². The van der Waals surface area contributed by atoms with Crippen LogP contribution >= 0.6 is 0 Å². The first-order valence-electron chi connectivity index (χ1n) is 7.03. The second kappa shape index (κ2) is 5.85. The molecule has 7 heteroatoms. The van der Waals surface area contributed by atoms with E-state index < -0.39 is 17.7 Å². The first-order chi connectivity index (χ1) is 9.81. The van der Waals surface area contributed by atoms with E-state index in [1.165, 1.54) is 4.90 Å². The molecule has 0 radical (unpaired) electrons. The predicted octanol–water partition coefficient (Wildman–Crippen LogP) is 0.961. The molecule has 0 spiro atoms. The molecular formula is C14H22N4O3. The molecule has 2 atom stereocenters. The summed E-state index contributed by atoms with van der Waals surface area (Å²) in [5.74, 6) is -0.157. The molecule has 1 aromatic heterocycles. The summed E-state index contributed by atoms with van der Waals surface area (Å²) in [6.07, 6.45) is 3.53. The van der Waals surface area contributed by atoms with E-state index >= 15 is 0 Å².